The highest BCUT2D eigenvalue weighted by atomic mass is 79.9. The van der Waals surface area contributed by atoms with Crippen LogP contribution in [0.5, 0.6) is 0 Å². The summed E-state index contributed by atoms with van der Waals surface area (Å²) < 4.78 is 0. The summed E-state index contributed by atoms with van der Waals surface area (Å²) in [6.45, 7) is 1.18. The van der Waals surface area contributed by atoms with Crippen LogP contribution >= 0.6 is 15.9 Å². The number of aromatic nitrogens is 2. The standard InChI is InChI=1S/C8H6BrN3O/c9-2-1-8(13)12-4-6-3-10-11-7(6)5-12/h3H,4-5H2,(H,10,11). The third-order valence-electron chi connectivity index (χ3n) is 1.96. The minimum Gasteiger partial charge on any atom is -0.322 e. The van der Waals surface area contributed by atoms with Crippen LogP contribution in [-0.4, -0.2) is 21.0 Å². The second-order valence-electron chi connectivity index (χ2n) is 2.75. The fourth-order valence-electron chi connectivity index (χ4n) is 1.33. The van der Waals surface area contributed by atoms with Gasteiger partial charge in [0.2, 0.25) is 0 Å². The number of nitrogens with zero attached hydrogens (tertiary/aromatic N) is 2. The fraction of sp³-hybridized carbons (Fsp3) is 0.250. The monoisotopic (exact) mass is 239 g/mol. The Labute approximate surface area is 83.4 Å². The summed E-state index contributed by atoms with van der Waals surface area (Å²) in [5, 5.41) is 6.72. The van der Waals surface area contributed by atoms with Gasteiger partial charge in [-0.05, 0) is 4.83 Å². The lowest BCUT2D eigenvalue weighted by atomic mass is 10.3. The summed E-state index contributed by atoms with van der Waals surface area (Å²) in [5.74, 6) is 2.27. The average Bonchev–Trinajstić information content (AvgIpc) is 2.61. The molecule has 0 aromatic carbocycles. The molecule has 5 heteroatoms. The number of halogens is 1. The summed E-state index contributed by atoms with van der Waals surface area (Å²) in [7, 11) is 0. The van der Waals surface area contributed by atoms with Gasteiger partial charge in [-0.15, -0.1) is 0 Å². The van der Waals surface area contributed by atoms with Crippen molar-refractivity contribution in [3.63, 3.8) is 0 Å². The molecule has 2 heterocycles. The van der Waals surface area contributed by atoms with Gasteiger partial charge in [0, 0.05) is 27.4 Å². The van der Waals surface area contributed by atoms with Crippen LogP contribution in [0.15, 0.2) is 6.20 Å². The number of carbonyl (C=O) groups is 1. The first-order valence-corrected chi connectivity index (χ1v) is 4.52. The SMILES string of the molecule is O=C(C#CBr)N1Cc2cn[nH]c2C1. The predicted molar refractivity (Wildman–Crippen MR) is 49.5 cm³/mol. The Kier molecular flexibility index (Phi) is 2.07. The zero-order valence-corrected chi connectivity index (χ0v) is 8.26. The molecule has 0 atom stereocenters. The maximum atomic E-state index is 11.3. The van der Waals surface area contributed by atoms with Crippen LogP contribution in [-0.2, 0) is 17.9 Å². The molecule has 0 saturated carbocycles. The molecule has 1 N–H and O–H groups in total. The molecule has 0 bridgehead atoms. The van der Waals surface area contributed by atoms with Crippen LogP contribution in [0.1, 0.15) is 11.3 Å². The normalized spacial score (nSPS) is 13.5. The molecular weight excluding hydrogens is 234 g/mol. The molecule has 1 aromatic rings. The van der Waals surface area contributed by atoms with Gasteiger partial charge >= 0.3 is 0 Å². The molecule has 1 aliphatic heterocycles. The van der Waals surface area contributed by atoms with Crippen molar-refractivity contribution in [1.29, 1.82) is 0 Å². The summed E-state index contributed by atoms with van der Waals surface area (Å²) >= 11 is 2.89. The summed E-state index contributed by atoms with van der Waals surface area (Å²) in [6, 6.07) is 0. The van der Waals surface area contributed by atoms with E-state index in [4.69, 9.17) is 0 Å². The van der Waals surface area contributed by atoms with E-state index in [1.807, 2.05) is 0 Å². The highest BCUT2D eigenvalue weighted by Gasteiger charge is 2.23. The molecule has 0 aliphatic carbocycles. The third-order valence-corrected chi connectivity index (χ3v) is 2.16. The maximum absolute atomic E-state index is 11.3. The number of rotatable bonds is 0. The first-order chi connectivity index (χ1) is 6.31. The van der Waals surface area contributed by atoms with Crippen LogP contribution in [0.2, 0.25) is 0 Å². The van der Waals surface area contributed by atoms with Gasteiger partial charge in [0.25, 0.3) is 5.91 Å². The van der Waals surface area contributed by atoms with Crippen LogP contribution in [0.3, 0.4) is 0 Å². The van der Waals surface area contributed by atoms with E-state index in [0.29, 0.717) is 13.1 Å². The lowest BCUT2D eigenvalue weighted by Crippen LogP contribution is -2.23. The van der Waals surface area contributed by atoms with Crippen molar-refractivity contribution in [2.75, 3.05) is 0 Å². The number of fused-ring (bicyclic) bond motifs is 1. The maximum Gasteiger partial charge on any atom is 0.299 e. The van der Waals surface area contributed by atoms with Gasteiger partial charge in [0.15, 0.2) is 0 Å². The van der Waals surface area contributed by atoms with E-state index in [-0.39, 0.29) is 5.91 Å². The third kappa shape index (κ3) is 1.45. The second kappa shape index (κ2) is 3.23. The van der Waals surface area contributed by atoms with E-state index in [1.54, 1.807) is 11.1 Å². The van der Waals surface area contributed by atoms with E-state index < -0.39 is 0 Å². The lowest BCUT2D eigenvalue weighted by molar-refractivity contribution is -0.125. The van der Waals surface area contributed by atoms with Gasteiger partial charge in [0.1, 0.15) is 0 Å². The lowest BCUT2D eigenvalue weighted by Gasteiger charge is -2.10. The van der Waals surface area contributed by atoms with Gasteiger partial charge in [-0.25, -0.2) is 0 Å². The number of amides is 1. The first kappa shape index (κ1) is 8.32. The van der Waals surface area contributed by atoms with Gasteiger partial charge < -0.3 is 4.90 Å². The average molecular weight is 240 g/mol. The van der Waals surface area contributed by atoms with Gasteiger partial charge in [0.05, 0.1) is 25.0 Å². The number of nitrogens with one attached hydrogen (secondary N) is 1. The molecule has 4 nitrogen and oxygen atoms in total. The molecule has 0 saturated heterocycles. The van der Waals surface area contributed by atoms with E-state index in [1.165, 1.54) is 0 Å². The van der Waals surface area contributed by atoms with Crippen molar-refractivity contribution in [3.8, 4) is 10.8 Å². The van der Waals surface area contributed by atoms with Crippen molar-refractivity contribution in [1.82, 2.24) is 15.1 Å². The molecule has 13 heavy (non-hydrogen) atoms. The van der Waals surface area contributed by atoms with Gasteiger partial charge in [-0.1, -0.05) is 0 Å². The Balaban J connectivity index is 2.13. The molecule has 2 rings (SSSR count). The van der Waals surface area contributed by atoms with E-state index >= 15 is 0 Å². The number of hydrogen-bond donors (Lipinski definition) is 1. The predicted octanol–water partition coefficient (Wildman–Crippen LogP) is 0.608. The molecule has 1 amide bonds. The summed E-state index contributed by atoms with van der Waals surface area (Å²) in [4.78, 5) is 15.4. The zero-order valence-electron chi connectivity index (χ0n) is 6.67. The first-order valence-electron chi connectivity index (χ1n) is 3.73. The molecular formula is C8H6BrN3O. The van der Waals surface area contributed by atoms with Crippen molar-refractivity contribution in [2.45, 2.75) is 13.1 Å². The molecule has 1 aliphatic rings. The van der Waals surface area contributed by atoms with E-state index in [2.05, 4.69) is 36.9 Å². The minimum atomic E-state index is -0.165. The van der Waals surface area contributed by atoms with Crippen molar-refractivity contribution < 1.29 is 4.79 Å². The van der Waals surface area contributed by atoms with E-state index in [9.17, 15) is 4.79 Å². The van der Waals surface area contributed by atoms with Crippen LogP contribution in [0.25, 0.3) is 0 Å². The summed E-state index contributed by atoms with van der Waals surface area (Å²) in [6.07, 6.45) is 1.74. The van der Waals surface area contributed by atoms with Crippen LogP contribution < -0.4 is 0 Å². The Morgan fingerprint density at radius 2 is 2.54 bits per heavy atom. The van der Waals surface area contributed by atoms with Crippen LogP contribution in [0, 0.1) is 10.8 Å². The Morgan fingerprint density at radius 1 is 1.69 bits per heavy atom. The van der Waals surface area contributed by atoms with Crippen molar-refractivity contribution in [3.05, 3.63) is 17.5 Å². The zero-order chi connectivity index (χ0) is 9.26. The Bertz CT molecular complexity index is 381. The quantitative estimate of drug-likeness (QED) is 0.675. The van der Waals surface area contributed by atoms with Crippen molar-refractivity contribution in [2.24, 2.45) is 0 Å². The van der Waals surface area contributed by atoms with Crippen molar-refractivity contribution >= 4 is 21.8 Å². The molecule has 0 radical (unpaired) electrons. The molecule has 1 aromatic heterocycles. The number of carbonyl (C=O) groups excluding carboxylic acids is 1. The molecule has 0 fully saturated rings. The second-order valence-corrected chi connectivity index (χ2v) is 3.15. The minimum absolute atomic E-state index is 0.165. The number of aromatic amines is 1. The smallest absolute Gasteiger partial charge is 0.299 e. The largest absolute Gasteiger partial charge is 0.322 e. The molecule has 66 valence electrons. The Morgan fingerprint density at radius 3 is 3.23 bits per heavy atom. The number of H-pyrrole nitrogens is 1. The molecule has 0 spiro atoms. The fourth-order valence-corrected chi connectivity index (χ4v) is 1.50. The van der Waals surface area contributed by atoms with Gasteiger partial charge in [-0.3, -0.25) is 9.89 Å². The highest BCUT2D eigenvalue weighted by molar-refractivity contribution is 9.12. The number of hydrogen-bond acceptors (Lipinski definition) is 2. The summed E-state index contributed by atoms with van der Waals surface area (Å²) in [5.41, 5.74) is 2.08. The van der Waals surface area contributed by atoms with E-state index in [0.717, 1.165) is 11.3 Å². The topological polar surface area (TPSA) is 49.0 Å². The van der Waals surface area contributed by atoms with Crippen LogP contribution in [0.4, 0.5) is 0 Å². The van der Waals surface area contributed by atoms with Gasteiger partial charge in [-0.2, -0.15) is 5.10 Å². The molecule has 0 unspecified atom stereocenters. The Hall–Kier alpha value is -1.28. The highest BCUT2D eigenvalue weighted by Crippen LogP contribution is 2.19.